The molecule has 1 aromatic heterocycles. The lowest BCUT2D eigenvalue weighted by atomic mass is 10.1. The molecule has 0 saturated heterocycles. The fourth-order valence-electron chi connectivity index (χ4n) is 1.88. The highest BCUT2D eigenvalue weighted by Gasteiger charge is 2.11. The fourth-order valence-corrected chi connectivity index (χ4v) is 1.88. The summed E-state index contributed by atoms with van der Waals surface area (Å²) in [6.45, 7) is 3.60. The molecule has 2 rings (SSSR count). The van der Waals surface area contributed by atoms with Crippen molar-refractivity contribution in [2.45, 2.75) is 26.7 Å². The van der Waals surface area contributed by atoms with E-state index in [1.165, 1.54) is 18.2 Å². The highest BCUT2D eigenvalue weighted by Crippen LogP contribution is 2.23. The van der Waals surface area contributed by atoms with Crippen LogP contribution in [0, 0.1) is 6.92 Å². The minimum Gasteiger partial charge on any atom is -0.306 e. The molecular formula is C14H14F2N2O. The van der Waals surface area contributed by atoms with Gasteiger partial charge in [-0.05, 0) is 19.4 Å². The van der Waals surface area contributed by atoms with Gasteiger partial charge in [0.2, 0.25) is 0 Å². The predicted octanol–water partition coefficient (Wildman–Crippen LogP) is 3.25. The van der Waals surface area contributed by atoms with Crippen LogP contribution in [-0.2, 0) is 6.42 Å². The monoisotopic (exact) mass is 264 g/mol. The number of hydrogen-bond donors (Lipinski definition) is 1. The molecule has 0 amide bonds. The van der Waals surface area contributed by atoms with E-state index >= 15 is 0 Å². The summed E-state index contributed by atoms with van der Waals surface area (Å²) in [7, 11) is 0. The molecule has 0 aliphatic rings. The number of H-pyrrole nitrogens is 1. The van der Waals surface area contributed by atoms with E-state index in [-0.39, 0.29) is 11.1 Å². The quantitative estimate of drug-likeness (QED) is 0.925. The van der Waals surface area contributed by atoms with Crippen molar-refractivity contribution in [3.63, 3.8) is 0 Å². The molecule has 0 aliphatic heterocycles. The van der Waals surface area contributed by atoms with Gasteiger partial charge in [-0.2, -0.15) is 0 Å². The first-order valence-electron chi connectivity index (χ1n) is 6.01. The van der Waals surface area contributed by atoms with Gasteiger partial charge in [0.15, 0.2) is 0 Å². The number of aromatic nitrogens is 2. The number of halogens is 2. The number of nitrogens with one attached hydrogen (secondary N) is 1. The van der Waals surface area contributed by atoms with Crippen LogP contribution in [0.3, 0.4) is 0 Å². The van der Waals surface area contributed by atoms with E-state index in [9.17, 15) is 13.6 Å². The largest absolute Gasteiger partial charge is 0.306 e. The standard InChI is InChI=1S/C14H14F2N2O/c1-3-11-8(2)14(19)18-13(17-11)10-6-4-5-9(7-10)12(15)16/h4-7,12H,3H2,1-2H3,(H,17,18,19). The Morgan fingerprint density at radius 1 is 1.37 bits per heavy atom. The number of aryl methyl sites for hydroxylation is 1. The maximum atomic E-state index is 12.7. The van der Waals surface area contributed by atoms with Crippen LogP contribution in [0.25, 0.3) is 11.4 Å². The van der Waals surface area contributed by atoms with E-state index in [0.29, 0.717) is 29.1 Å². The van der Waals surface area contributed by atoms with Crippen LogP contribution >= 0.6 is 0 Å². The van der Waals surface area contributed by atoms with Crippen molar-refractivity contribution >= 4 is 0 Å². The first-order valence-corrected chi connectivity index (χ1v) is 6.01. The van der Waals surface area contributed by atoms with Gasteiger partial charge in [-0.25, -0.2) is 13.8 Å². The third-order valence-corrected chi connectivity index (χ3v) is 3.00. The van der Waals surface area contributed by atoms with Crippen LogP contribution < -0.4 is 5.56 Å². The zero-order chi connectivity index (χ0) is 14.0. The second kappa shape index (κ2) is 5.30. The molecule has 0 spiro atoms. The second-order valence-electron chi connectivity index (χ2n) is 4.27. The number of rotatable bonds is 3. The molecular weight excluding hydrogens is 250 g/mol. The fraction of sp³-hybridized carbons (Fsp3) is 0.286. The number of nitrogens with zero attached hydrogens (tertiary/aromatic N) is 1. The molecule has 19 heavy (non-hydrogen) atoms. The van der Waals surface area contributed by atoms with Crippen molar-refractivity contribution in [2.24, 2.45) is 0 Å². The van der Waals surface area contributed by atoms with Crippen LogP contribution in [0.5, 0.6) is 0 Å². The van der Waals surface area contributed by atoms with E-state index < -0.39 is 6.43 Å². The van der Waals surface area contributed by atoms with Crippen LogP contribution in [0.15, 0.2) is 29.1 Å². The Morgan fingerprint density at radius 2 is 2.11 bits per heavy atom. The Labute approximate surface area is 109 Å². The van der Waals surface area contributed by atoms with E-state index in [4.69, 9.17) is 0 Å². The van der Waals surface area contributed by atoms with Crippen molar-refractivity contribution in [3.05, 3.63) is 51.4 Å². The molecule has 100 valence electrons. The molecule has 1 heterocycles. The number of alkyl halides is 2. The molecule has 2 aromatic rings. The smallest absolute Gasteiger partial charge is 0.263 e. The lowest BCUT2D eigenvalue weighted by Gasteiger charge is -2.07. The highest BCUT2D eigenvalue weighted by molar-refractivity contribution is 5.56. The van der Waals surface area contributed by atoms with Crippen molar-refractivity contribution in [2.75, 3.05) is 0 Å². The lowest BCUT2D eigenvalue weighted by Crippen LogP contribution is -2.15. The maximum absolute atomic E-state index is 12.7. The Morgan fingerprint density at radius 3 is 2.74 bits per heavy atom. The molecule has 0 aliphatic carbocycles. The number of hydrogen-bond acceptors (Lipinski definition) is 2. The van der Waals surface area contributed by atoms with Gasteiger partial charge in [-0.1, -0.05) is 25.1 Å². The molecule has 0 atom stereocenters. The van der Waals surface area contributed by atoms with Crippen LogP contribution in [0.4, 0.5) is 8.78 Å². The topological polar surface area (TPSA) is 45.8 Å². The Kier molecular flexibility index (Phi) is 3.74. The molecule has 1 N–H and O–H groups in total. The van der Waals surface area contributed by atoms with Crippen LogP contribution in [0.2, 0.25) is 0 Å². The summed E-state index contributed by atoms with van der Waals surface area (Å²) in [5.74, 6) is 0.329. The lowest BCUT2D eigenvalue weighted by molar-refractivity contribution is 0.151. The van der Waals surface area contributed by atoms with Gasteiger partial charge in [0.25, 0.3) is 12.0 Å². The SMILES string of the molecule is CCc1nc(-c2cccc(C(F)F)c2)[nH]c(=O)c1C. The highest BCUT2D eigenvalue weighted by atomic mass is 19.3. The van der Waals surface area contributed by atoms with Crippen LogP contribution in [-0.4, -0.2) is 9.97 Å². The Balaban J connectivity index is 2.56. The molecule has 0 unspecified atom stereocenters. The van der Waals surface area contributed by atoms with Gasteiger partial charge in [0.1, 0.15) is 5.82 Å². The third-order valence-electron chi connectivity index (χ3n) is 3.00. The van der Waals surface area contributed by atoms with E-state index in [1.54, 1.807) is 13.0 Å². The van der Waals surface area contributed by atoms with Gasteiger partial charge in [-0.15, -0.1) is 0 Å². The molecule has 0 saturated carbocycles. The van der Waals surface area contributed by atoms with Gasteiger partial charge >= 0.3 is 0 Å². The predicted molar refractivity (Wildman–Crippen MR) is 69.4 cm³/mol. The molecule has 0 radical (unpaired) electrons. The average molecular weight is 264 g/mol. The van der Waals surface area contributed by atoms with Crippen LogP contribution in [0.1, 0.15) is 30.2 Å². The minimum absolute atomic E-state index is 0.0845. The second-order valence-corrected chi connectivity index (χ2v) is 4.27. The Bertz CT molecular complexity index is 650. The van der Waals surface area contributed by atoms with Crippen molar-refractivity contribution < 1.29 is 8.78 Å². The Hall–Kier alpha value is -2.04. The van der Waals surface area contributed by atoms with E-state index in [1.807, 2.05) is 6.92 Å². The molecule has 0 fully saturated rings. The molecule has 3 nitrogen and oxygen atoms in total. The molecule has 1 aromatic carbocycles. The van der Waals surface area contributed by atoms with E-state index in [0.717, 1.165) is 0 Å². The third kappa shape index (κ3) is 2.70. The summed E-state index contributed by atoms with van der Waals surface area (Å²) in [4.78, 5) is 18.7. The minimum atomic E-state index is -2.54. The first kappa shape index (κ1) is 13.4. The summed E-state index contributed by atoms with van der Waals surface area (Å²) in [5, 5.41) is 0. The summed E-state index contributed by atoms with van der Waals surface area (Å²) >= 11 is 0. The van der Waals surface area contributed by atoms with Crippen molar-refractivity contribution in [1.29, 1.82) is 0 Å². The summed E-state index contributed by atoms with van der Waals surface area (Å²) in [6, 6.07) is 5.88. The summed E-state index contributed by atoms with van der Waals surface area (Å²) < 4.78 is 25.3. The van der Waals surface area contributed by atoms with Gasteiger partial charge in [0.05, 0.1) is 5.69 Å². The summed E-state index contributed by atoms with van der Waals surface area (Å²) in [5.41, 5.74) is 1.42. The van der Waals surface area contributed by atoms with Crippen molar-refractivity contribution in [3.8, 4) is 11.4 Å². The van der Waals surface area contributed by atoms with Gasteiger partial charge in [0, 0.05) is 16.7 Å². The van der Waals surface area contributed by atoms with Gasteiger partial charge < -0.3 is 4.98 Å². The first-order chi connectivity index (χ1) is 9.02. The molecule has 5 heteroatoms. The zero-order valence-electron chi connectivity index (χ0n) is 10.7. The normalized spacial score (nSPS) is 11.0. The number of aromatic amines is 1. The van der Waals surface area contributed by atoms with Crippen molar-refractivity contribution in [1.82, 2.24) is 9.97 Å². The zero-order valence-corrected chi connectivity index (χ0v) is 10.7. The number of benzene rings is 1. The maximum Gasteiger partial charge on any atom is 0.263 e. The van der Waals surface area contributed by atoms with Gasteiger partial charge in [-0.3, -0.25) is 4.79 Å². The average Bonchev–Trinajstić information content (AvgIpc) is 2.41. The van der Waals surface area contributed by atoms with E-state index in [2.05, 4.69) is 9.97 Å². The summed E-state index contributed by atoms with van der Waals surface area (Å²) in [6.07, 6.45) is -1.92. The molecule has 0 bridgehead atoms.